The molecule has 4 fully saturated rings. The molecule has 0 N–H and O–H groups in total. The summed E-state index contributed by atoms with van der Waals surface area (Å²) in [5.74, 6) is 3.73. The summed E-state index contributed by atoms with van der Waals surface area (Å²) in [4.78, 5) is 12.7. The standard InChI is InChI=1S/C15H24O/c1-9(2)10-8-15(4)12-5-6-14(3,13(15)16)7-11(10)12/h9-12H,5-8H2,1-4H3/t10-,11?,12?,14-,15?/m1/s1. The summed E-state index contributed by atoms with van der Waals surface area (Å²) in [6.45, 7) is 9.19. The third-order valence-corrected chi connectivity index (χ3v) is 6.16. The quantitative estimate of drug-likeness (QED) is 0.659. The lowest BCUT2D eigenvalue weighted by atomic mass is 9.50. The lowest BCUT2D eigenvalue weighted by Crippen LogP contribution is -2.53. The van der Waals surface area contributed by atoms with E-state index in [4.69, 9.17) is 0 Å². The molecule has 0 radical (unpaired) electrons. The second kappa shape index (κ2) is 2.91. The summed E-state index contributed by atoms with van der Waals surface area (Å²) >= 11 is 0. The smallest absolute Gasteiger partial charge is 0.144 e. The molecule has 4 aliphatic carbocycles. The molecule has 0 spiro atoms. The van der Waals surface area contributed by atoms with E-state index in [1.54, 1.807) is 0 Å². The Bertz CT molecular complexity index is 345. The van der Waals surface area contributed by atoms with Gasteiger partial charge < -0.3 is 0 Å². The lowest BCUT2D eigenvalue weighted by molar-refractivity contribution is -0.154. The summed E-state index contributed by atoms with van der Waals surface area (Å²) in [6, 6.07) is 0. The van der Waals surface area contributed by atoms with Gasteiger partial charge in [-0.05, 0) is 49.4 Å². The van der Waals surface area contributed by atoms with Crippen LogP contribution in [0.3, 0.4) is 0 Å². The van der Waals surface area contributed by atoms with E-state index >= 15 is 0 Å². The van der Waals surface area contributed by atoms with Gasteiger partial charge >= 0.3 is 0 Å². The molecule has 1 heteroatoms. The molecule has 90 valence electrons. The minimum Gasteiger partial charge on any atom is -0.298 e. The Balaban J connectivity index is 2.05. The minimum atomic E-state index is 0.0395. The Morgan fingerprint density at radius 1 is 1.25 bits per heavy atom. The van der Waals surface area contributed by atoms with E-state index in [9.17, 15) is 4.79 Å². The van der Waals surface area contributed by atoms with Crippen LogP contribution in [0, 0.1) is 34.5 Å². The van der Waals surface area contributed by atoms with Crippen molar-refractivity contribution in [3.8, 4) is 0 Å². The number of carbonyl (C=O) groups is 1. The van der Waals surface area contributed by atoms with E-state index in [0.717, 1.165) is 24.2 Å². The zero-order valence-electron chi connectivity index (χ0n) is 11.0. The van der Waals surface area contributed by atoms with Crippen molar-refractivity contribution < 1.29 is 4.79 Å². The van der Waals surface area contributed by atoms with Crippen LogP contribution >= 0.6 is 0 Å². The highest BCUT2D eigenvalue weighted by Gasteiger charge is 2.66. The third-order valence-electron chi connectivity index (χ3n) is 6.16. The second-order valence-corrected chi connectivity index (χ2v) is 7.43. The first kappa shape index (κ1) is 10.8. The summed E-state index contributed by atoms with van der Waals surface area (Å²) in [5.41, 5.74) is 0.0860. The summed E-state index contributed by atoms with van der Waals surface area (Å²) < 4.78 is 0. The van der Waals surface area contributed by atoms with Crippen LogP contribution in [-0.2, 0) is 4.79 Å². The Labute approximate surface area is 99.0 Å². The zero-order chi connectivity index (χ0) is 11.7. The van der Waals surface area contributed by atoms with E-state index in [1.165, 1.54) is 19.3 Å². The molecule has 5 atom stereocenters. The number of ketones is 1. The molecule has 4 saturated carbocycles. The molecule has 0 heterocycles. The maximum Gasteiger partial charge on any atom is 0.144 e. The van der Waals surface area contributed by atoms with Crippen LogP contribution in [0.5, 0.6) is 0 Å². The van der Waals surface area contributed by atoms with Crippen LogP contribution in [0.15, 0.2) is 0 Å². The van der Waals surface area contributed by atoms with Gasteiger partial charge in [-0.2, -0.15) is 0 Å². The third kappa shape index (κ3) is 1.05. The van der Waals surface area contributed by atoms with Crippen LogP contribution in [-0.4, -0.2) is 5.78 Å². The van der Waals surface area contributed by atoms with Gasteiger partial charge in [0, 0.05) is 10.8 Å². The van der Waals surface area contributed by atoms with Crippen LogP contribution in [0.1, 0.15) is 53.4 Å². The first-order chi connectivity index (χ1) is 7.38. The van der Waals surface area contributed by atoms with Crippen molar-refractivity contribution in [1.82, 2.24) is 0 Å². The number of rotatable bonds is 1. The molecule has 0 aromatic rings. The minimum absolute atomic E-state index is 0.0395. The zero-order valence-corrected chi connectivity index (χ0v) is 11.0. The van der Waals surface area contributed by atoms with Crippen LogP contribution in [0.4, 0.5) is 0 Å². The molecule has 0 amide bonds. The van der Waals surface area contributed by atoms with Crippen molar-refractivity contribution in [3.05, 3.63) is 0 Å². The molecule has 0 aliphatic heterocycles. The molecular weight excluding hydrogens is 196 g/mol. The Kier molecular flexibility index (Phi) is 1.97. The fourth-order valence-electron chi connectivity index (χ4n) is 5.37. The van der Waals surface area contributed by atoms with Gasteiger partial charge in [0.15, 0.2) is 0 Å². The summed E-state index contributed by atoms with van der Waals surface area (Å²) in [6.07, 6.45) is 4.84. The molecule has 4 aliphatic rings. The summed E-state index contributed by atoms with van der Waals surface area (Å²) in [5, 5.41) is 0. The number of hydrogen-bond acceptors (Lipinski definition) is 1. The van der Waals surface area contributed by atoms with Gasteiger partial charge in [0.2, 0.25) is 0 Å². The number of carbonyl (C=O) groups excluding carboxylic acids is 1. The van der Waals surface area contributed by atoms with Gasteiger partial charge in [-0.25, -0.2) is 0 Å². The van der Waals surface area contributed by atoms with Crippen LogP contribution in [0.25, 0.3) is 0 Å². The highest BCUT2D eigenvalue weighted by atomic mass is 16.1. The topological polar surface area (TPSA) is 17.1 Å². The highest BCUT2D eigenvalue weighted by Crippen LogP contribution is 2.68. The van der Waals surface area contributed by atoms with Crippen molar-refractivity contribution in [2.75, 3.05) is 0 Å². The van der Waals surface area contributed by atoms with Crippen molar-refractivity contribution >= 4 is 5.78 Å². The summed E-state index contributed by atoms with van der Waals surface area (Å²) in [7, 11) is 0. The predicted octanol–water partition coefficient (Wildman–Crippen LogP) is 3.67. The molecular formula is C15H24O. The van der Waals surface area contributed by atoms with Crippen LogP contribution < -0.4 is 0 Å². The number of Topliss-reactive ketones (excluding diaryl/α,β-unsaturated/α-hetero) is 1. The highest BCUT2D eigenvalue weighted by molar-refractivity contribution is 5.92. The van der Waals surface area contributed by atoms with Gasteiger partial charge in [-0.1, -0.05) is 27.7 Å². The van der Waals surface area contributed by atoms with Crippen molar-refractivity contribution in [1.29, 1.82) is 0 Å². The molecule has 0 saturated heterocycles. The van der Waals surface area contributed by atoms with Gasteiger partial charge in [0.05, 0.1) is 0 Å². The van der Waals surface area contributed by atoms with E-state index in [0.29, 0.717) is 11.7 Å². The Morgan fingerprint density at radius 3 is 2.56 bits per heavy atom. The molecule has 0 aromatic carbocycles. The average molecular weight is 220 g/mol. The Morgan fingerprint density at radius 2 is 1.94 bits per heavy atom. The molecule has 0 aromatic heterocycles. The number of hydrogen-bond donors (Lipinski definition) is 0. The molecule has 3 unspecified atom stereocenters. The van der Waals surface area contributed by atoms with Gasteiger partial charge in [-0.3, -0.25) is 4.79 Å². The largest absolute Gasteiger partial charge is 0.298 e. The van der Waals surface area contributed by atoms with Crippen molar-refractivity contribution in [2.24, 2.45) is 34.5 Å². The van der Waals surface area contributed by atoms with E-state index < -0.39 is 0 Å². The lowest BCUT2D eigenvalue weighted by Gasteiger charge is -2.53. The molecule has 16 heavy (non-hydrogen) atoms. The predicted molar refractivity (Wildman–Crippen MR) is 65.0 cm³/mol. The van der Waals surface area contributed by atoms with E-state index in [-0.39, 0.29) is 10.8 Å². The normalized spacial score (nSPS) is 55.1. The molecule has 4 rings (SSSR count). The van der Waals surface area contributed by atoms with Crippen LogP contribution in [0.2, 0.25) is 0 Å². The first-order valence-electron chi connectivity index (χ1n) is 6.93. The second-order valence-electron chi connectivity index (χ2n) is 7.43. The fraction of sp³-hybridized carbons (Fsp3) is 0.933. The van der Waals surface area contributed by atoms with Gasteiger partial charge in [-0.15, -0.1) is 0 Å². The van der Waals surface area contributed by atoms with E-state index in [2.05, 4.69) is 27.7 Å². The van der Waals surface area contributed by atoms with Gasteiger partial charge in [0.1, 0.15) is 5.78 Å². The van der Waals surface area contributed by atoms with Crippen molar-refractivity contribution in [3.63, 3.8) is 0 Å². The average Bonchev–Trinajstić information content (AvgIpc) is 2.47. The SMILES string of the molecule is CC(C)[C@H]1CC2(C)C(=O)[C@]3(C)CCC2C1C3. The van der Waals surface area contributed by atoms with Gasteiger partial charge in [0.25, 0.3) is 0 Å². The van der Waals surface area contributed by atoms with Crippen molar-refractivity contribution in [2.45, 2.75) is 53.4 Å². The maximum atomic E-state index is 12.7. The Hall–Kier alpha value is -0.330. The maximum absolute atomic E-state index is 12.7. The number of fused-ring (bicyclic) bond motifs is 1. The van der Waals surface area contributed by atoms with E-state index in [1.807, 2.05) is 0 Å². The first-order valence-corrected chi connectivity index (χ1v) is 6.93. The molecule has 1 nitrogen and oxygen atoms in total. The molecule has 4 bridgehead atoms. The monoisotopic (exact) mass is 220 g/mol. The fourth-order valence-corrected chi connectivity index (χ4v) is 5.37.